The molecule has 1 saturated carbocycles. The zero-order chi connectivity index (χ0) is 18.9. The van der Waals surface area contributed by atoms with Crippen LogP contribution >= 0.6 is 0 Å². The summed E-state index contributed by atoms with van der Waals surface area (Å²) in [5, 5.41) is 11.8. The summed E-state index contributed by atoms with van der Waals surface area (Å²) in [5.41, 5.74) is 4.21. The topological polar surface area (TPSA) is 75.7 Å². The van der Waals surface area contributed by atoms with Crippen molar-refractivity contribution in [3.8, 4) is 5.75 Å². The molecular formula is C22H21N5O. The Labute approximate surface area is 163 Å². The number of aromatic nitrogens is 4. The normalized spacial score (nSPS) is 13.6. The number of benzene rings is 2. The van der Waals surface area contributed by atoms with E-state index in [1.54, 1.807) is 7.11 Å². The van der Waals surface area contributed by atoms with E-state index in [-0.39, 0.29) is 0 Å². The van der Waals surface area contributed by atoms with E-state index in [9.17, 15) is 0 Å². The summed E-state index contributed by atoms with van der Waals surface area (Å²) in [7, 11) is 1.68. The van der Waals surface area contributed by atoms with Gasteiger partial charge in [-0.1, -0.05) is 30.3 Å². The first-order valence-electron chi connectivity index (χ1n) is 9.49. The molecule has 2 N–H and O–H groups in total. The van der Waals surface area contributed by atoms with Crippen molar-refractivity contribution in [2.24, 2.45) is 0 Å². The Hall–Kier alpha value is -3.41. The molecule has 0 atom stereocenters. The van der Waals surface area contributed by atoms with Crippen molar-refractivity contribution in [2.45, 2.75) is 25.2 Å². The summed E-state index contributed by atoms with van der Waals surface area (Å²) < 4.78 is 5.35. The molecule has 0 spiro atoms. The second-order valence-corrected chi connectivity index (χ2v) is 7.15. The summed E-state index contributed by atoms with van der Waals surface area (Å²) >= 11 is 0. The molecule has 0 amide bonds. The molecule has 0 unspecified atom stereocenters. The van der Waals surface area contributed by atoms with E-state index in [0.717, 1.165) is 33.7 Å². The van der Waals surface area contributed by atoms with Crippen LogP contribution in [0.25, 0.3) is 10.9 Å². The Morgan fingerprint density at radius 2 is 1.96 bits per heavy atom. The molecule has 28 heavy (non-hydrogen) atoms. The predicted octanol–water partition coefficient (Wildman–Crippen LogP) is 4.57. The van der Waals surface area contributed by atoms with Crippen molar-refractivity contribution in [3.05, 3.63) is 71.5 Å². The van der Waals surface area contributed by atoms with E-state index in [4.69, 9.17) is 9.72 Å². The number of nitrogens with zero attached hydrogens (tertiary/aromatic N) is 3. The maximum atomic E-state index is 5.35. The SMILES string of the molecule is COc1cccc(Cc2nc(Nc3cc(C4CC4)[nH]n3)nc3ccccc23)c1. The van der Waals surface area contributed by atoms with Crippen LogP contribution in [0.15, 0.2) is 54.6 Å². The van der Waals surface area contributed by atoms with Gasteiger partial charge < -0.3 is 10.1 Å². The zero-order valence-electron chi connectivity index (χ0n) is 15.6. The second-order valence-electron chi connectivity index (χ2n) is 7.15. The molecule has 0 radical (unpaired) electrons. The van der Waals surface area contributed by atoms with Gasteiger partial charge in [-0.15, -0.1) is 0 Å². The number of hydrogen-bond donors (Lipinski definition) is 2. The third kappa shape index (κ3) is 3.41. The quantitative estimate of drug-likeness (QED) is 0.519. The number of aromatic amines is 1. The van der Waals surface area contributed by atoms with E-state index in [0.29, 0.717) is 18.3 Å². The first kappa shape index (κ1) is 16.7. The summed E-state index contributed by atoms with van der Waals surface area (Å²) in [4.78, 5) is 9.48. The Morgan fingerprint density at radius 1 is 1.07 bits per heavy atom. The molecular weight excluding hydrogens is 350 g/mol. The Bertz CT molecular complexity index is 1130. The van der Waals surface area contributed by atoms with Gasteiger partial charge >= 0.3 is 0 Å². The molecule has 6 heteroatoms. The second kappa shape index (κ2) is 6.96. The minimum atomic E-state index is 0.561. The van der Waals surface area contributed by atoms with Gasteiger partial charge in [-0.05, 0) is 36.6 Å². The highest BCUT2D eigenvalue weighted by Crippen LogP contribution is 2.39. The molecule has 0 saturated heterocycles. The number of para-hydroxylation sites is 1. The van der Waals surface area contributed by atoms with Gasteiger partial charge in [0.25, 0.3) is 0 Å². The van der Waals surface area contributed by atoms with Crippen molar-refractivity contribution in [1.82, 2.24) is 20.2 Å². The minimum absolute atomic E-state index is 0.561. The summed E-state index contributed by atoms with van der Waals surface area (Å²) in [6.45, 7) is 0. The number of hydrogen-bond acceptors (Lipinski definition) is 5. The highest BCUT2D eigenvalue weighted by molar-refractivity contribution is 5.82. The van der Waals surface area contributed by atoms with Crippen molar-refractivity contribution >= 4 is 22.7 Å². The van der Waals surface area contributed by atoms with Gasteiger partial charge in [0.2, 0.25) is 5.95 Å². The van der Waals surface area contributed by atoms with Gasteiger partial charge in [0.1, 0.15) is 5.75 Å². The number of H-pyrrole nitrogens is 1. The number of fused-ring (bicyclic) bond motifs is 1. The fourth-order valence-electron chi connectivity index (χ4n) is 3.43. The van der Waals surface area contributed by atoms with E-state index < -0.39 is 0 Å². The average Bonchev–Trinajstić information content (AvgIpc) is 3.47. The van der Waals surface area contributed by atoms with Crippen LogP contribution in [0.2, 0.25) is 0 Å². The van der Waals surface area contributed by atoms with Gasteiger partial charge in [0.15, 0.2) is 5.82 Å². The molecule has 1 aliphatic rings. The predicted molar refractivity (Wildman–Crippen MR) is 109 cm³/mol. The summed E-state index contributed by atoms with van der Waals surface area (Å²) in [6, 6.07) is 18.2. The van der Waals surface area contributed by atoms with E-state index in [1.807, 2.05) is 36.4 Å². The fourth-order valence-corrected chi connectivity index (χ4v) is 3.43. The van der Waals surface area contributed by atoms with E-state index in [1.165, 1.54) is 18.5 Å². The smallest absolute Gasteiger partial charge is 0.229 e. The zero-order valence-corrected chi connectivity index (χ0v) is 15.6. The molecule has 2 heterocycles. The van der Waals surface area contributed by atoms with Crippen molar-refractivity contribution in [1.29, 1.82) is 0 Å². The molecule has 140 valence electrons. The lowest BCUT2D eigenvalue weighted by Crippen LogP contribution is -2.03. The van der Waals surface area contributed by atoms with Crippen molar-refractivity contribution in [2.75, 3.05) is 12.4 Å². The standard InChI is InChI=1S/C22H21N5O/c1-28-16-6-4-5-14(11-16)12-20-17-7-2-3-8-18(17)23-22(24-20)25-21-13-19(26-27-21)15-9-10-15/h2-8,11,13,15H,9-10,12H2,1H3,(H2,23,24,25,26,27). The van der Waals surface area contributed by atoms with Gasteiger partial charge in [-0.25, -0.2) is 9.97 Å². The van der Waals surface area contributed by atoms with Crippen LogP contribution in [-0.2, 0) is 6.42 Å². The Kier molecular flexibility index (Phi) is 4.16. The van der Waals surface area contributed by atoms with Crippen LogP contribution in [0.4, 0.5) is 11.8 Å². The summed E-state index contributed by atoms with van der Waals surface area (Å²) in [5.74, 6) is 2.79. The first-order chi connectivity index (χ1) is 13.8. The third-order valence-corrected chi connectivity index (χ3v) is 5.04. The van der Waals surface area contributed by atoms with Crippen LogP contribution < -0.4 is 10.1 Å². The number of ether oxygens (including phenoxy) is 1. The molecule has 6 nitrogen and oxygen atoms in total. The van der Waals surface area contributed by atoms with E-state index >= 15 is 0 Å². The van der Waals surface area contributed by atoms with Gasteiger partial charge in [0.05, 0.1) is 18.3 Å². The van der Waals surface area contributed by atoms with Crippen LogP contribution in [0.3, 0.4) is 0 Å². The monoisotopic (exact) mass is 371 g/mol. The first-order valence-corrected chi connectivity index (χ1v) is 9.49. The van der Waals surface area contributed by atoms with Gasteiger partial charge in [-0.2, -0.15) is 5.10 Å². The summed E-state index contributed by atoms with van der Waals surface area (Å²) in [6.07, 6.45) is 3.17. The lowest BCUT2D eigenvalue weighted by atomic mass is 10.1. The van der Waals surface area contributed by atoms with Crippen molar-refractivity contribution in [3.63, 3.8) is 0 Å². The van der Waals surface area contributed by atoms with Crippen LogP contribution in [-0.4, -0.2) is 27.3 Å². The largest absolute Gasteiger partial charge is 0.497 e. The van der Waals surface area contributed by atoms with Gasteiger partial charge in [-0.3, -0.25) is 5.10 Å². The van der Waals surface area contributed by atoms with Crippen LogP contribution in [0, 0.1) is 0 Å². The molecule has 0 bridgehead atoms. The molecule has 1 aliphatic carbocycles. The Morgan fingerprint density at radius 3 is 2.82 bits per heavy atom. The molecule has 2 aromatic heterocycles. The third-order valence-electron chi connectivity index (χ3n) is 5.04. The average molecular weight is 371 g/mol. The number of rotatable bonds is 6. The molecule has 1 fully saturated rings. The highest BCUT2D eigenvalue weighted by Gasteiger charge is 2.25. The van der Waals surface area contributed by atoms with Crippen LogP contribution in [0.5, 0.6) is 5.75 Å². The molecule has 4 aromatic rings. The van der Waals surface area contributed by atoms with Crippen molar-refractivity contribution < 1.29 is 4.74 Å². The number of anilines is 2. The molecule has 2 aromatic carbocycles. The number of methoxy groups -OCH3 is 1. The number of nitrogens with one attached hydrogen (secondary N) is 2. The molecule has 0 aliphatic heterocycles. The lowest BCUT2D eigenvalue weighted by molar-refractivity contribution is 0.414. The minimum Gasteiger partial charge on any atom is -0.497 e. The maximum Gasteiger partial charge on any atom is 0.229 e. The fraction of sp³-hybridized carbons (Fsp3) is 0.227. The van der Waals surface area contributed by atoms with Crippen LogP contribution in [0.1, 0.15) is 35.7 Å². The van der Waals surface area contributed by atoms with E-state index in [2.05, 4.69) is 38.7 Å². The maximum absolute atomic E-state index is 5.35. The molecule has 5 rings (SSSR count). The lowest BCUT2D eigenvalue weighted by Gasteiger charge is -2.10. The Balaban J connectivity index is 1.49. The highest BCUT2D eigenvalue weighted by atomic mass is 16.5. The van der Waals surface area contributed by atoms with Gasteiger partial charge in [0, 0.05) is 29.5 Å².